The highest BCUT2D eigenvalue weighted by Gasteiger charge is 2.30. The van der Waals surface area contributed by atoms with Gasteiger partial charge in [0.25, 0.3) is 5.91 Å². The first kappa shape index (κ1) is 18.1. The second kappa shape index (κ2) is 7.25. The number of anilines is 1. The fourth-order valence-corrected chi connectivity index (χ4v) is 3.31. The third kappa shape index (κ3) is 3.75. The molecule has 4 nitrogen and oxygen atoms in total. The van der Waals surface area contributed by atoms with Gasteiger partial charge in [-0.2, -0.15) is 0 Å². The largest absolute Gasteiger partial charge is 0.351 e. The van der Waals surface area contributed by atoms with Crippen LogP contribution < -0.4 is 16.0 Å². The van der Waals surface area contributed by atoms with Gasteiger partial charge >= 0.3 is 0 Å². The number of halogens is 1. The van der Waals surface area contributed by atoms with Crippen LogP contribution in [-0.4, -0.2) is 11.0 Å². The number of allylic oxidation sites excluding steroid dienone is 1. The lowest BCUT2D eigenvalue weighted by atomic mass is 9.94. The van der Waals surface area contributed by atoms with E-state index in [9.17, 15) is 9.18 Å². The number of carbonyl (C=O) groups excluding carboxylic acids is 1. The zero-order valence-corrected chi connectivity index (χ0v) is 15.6. The molecule has 6 heteroatoms. The molecule has 0 unspecified atom stereocenters. The third-order valence-electron chi connectivity index (χ3n) is 4.35. The Morgan fingerprint density at radius 1 is 1.12 bits per heavy atom. The quantitative estimate of drug-likeness (QED) is 0.719. The lowest BCUT2D eigenvalue weighted by Crippen LogP contribution is -2.45. The van der Waals surface area contributed by atoms with Crippen molar-refractivity contribution in [2.45, 2.75) is 26.8 Å². The van der Waals surface area contributed by atoms with E-state index in [4.69, 9.17) is 12.2 Å². The number of thiocarbonyl (C=S) groups is 1. The first-order valence-electron chi connectivity index (χ1n) is 8.27. The van der Waals surface area contributed by atoms with E-state index < -0.39 is 6.04 Å². The Morgan fingerprint density at radius 3 is 2.46 bits per heavy atom. The zero-order valence-electron chi connectivity index (χ0n) is 14.8. The van der Waals surface area contributed by atoms with Gasteiger partial charge < -0.3 is 16.0 Å². The summed E-state index contributed by atoms with van der Waals surface area (Å²) in [6, 6.07) is 11.5. The SMILES string of the molecule is CC1=C(C(=O)Nc2ccc(C)cc2C)[C@@H](c2ccc(F)cc2)NC(=S)N1. The summed E-state index contributed by atoms with van der Waals surface area (Å²) in [5, 5.41) is 9.50. The number of nitrogens with one attached hydrogen (secondary N) is 3. The van der Waals surface area contributed by atoms with Gasteiger partial charge in [-0.25, -0.2) is 4.39 Å². The van der Waals surface area contributed by atoms with Crippen molar-refractivity contribution >= 4 is 28.9 Å². The number of hydrogen-bond donors (Lipinski definition) is 3. The summed E-state index contributed by atoms with van der Waals surface area (Å²) < 4.78 is 13.3. The van der Waals surface area contributed by atoms with Crippen LogP contribution in [-0.2, 0) is 4.79 Å². The molecule has 0 fully saturated rings. The molecule has 1 aliphatic heterocycles. The number of carbonyl (C=O) groups is 1. The van der Waals surface area contributed by atoms with Crippen molar-refractivity contribution in [1.29, 1.82) is 0 Å². The molecule has 0 aromatic heterocycles. The second-order valence-corrected chi connectivity index (χ2v) is 6.80. The minimum absolute atomic E-state index is 0.230. The molecule has 0 radical (unpaired) electrons. The van der Waals surface area contributed by atoms with Gasteiger partial charge in [0, 0.05) is 11.4 Å². The van der Waals surface area contributed by atoms with Crippen LogP contribution in [0.2, 0.25) is 0 Å². The molecule has 1 atom stereocenters. The number of amides is 1. The number of benzene rings is 2. The predicted octanol–water partition coefficient (Wildman–Crippen LogP) is 3.87. The smallest absolute Gasteiger partial charge is 0.255 e. The van der Waals surface area contributed by atoms with Gasteiger partial charge in [0.2, 0.25) is 0 Å². The monoisotopic (exact) mass is 369 g/mol. The average molecular weight is 369 g/mol. The highest BCUT2D eigenvalue weighted by atomic mass is 32.1. The van der Waals surface area contributed by atoms with Gasteiger partial charge in [-0.3, -0.25) is 4.79 Å². The molecular formula is C20H20FN3OS. The Morgan fingerprint density at radius 2 is 1.81 bits per heavy atom. The molecule has 1 heterocycles. The van der Waals surface area contributed by atoms with Gasteiger partial charge in [-0.15, -0.1) is 0 Å². The van der Waals surface area contributed by atoms with E-state index in [0.717, 1.165) is 22.4 Å². The van der Waals surface area contributed by atoms with E-state index in [0.29, 0.717) is 16.4 Å². The Balaban J connectivity index is 1.95. The summed E-state index contributed by atoms with van der Waals surface area (Å²) >= 11 is 5.23. The van der Waals surface area contributed by atoms with Crippen LogP contribution in [0.1, 0.15) is 29.7 Å². The fourth-order valence-electron chi connectivity index (χ4n) is 3.04. The van der Waals surface area contributed by atoms with Crippen LogP contribution >= 0.6 is 12.2 Å². The van der Waals surface area contributed by atoms with E-state index in [2.05, 4.69) is 16.0 Å². The summed E-state index contributed by atoms with van der Waals surface area (Å²) in [7, 11) is 0. The molecule has 1 amide bonds. The van der Waals surface area contributed by atoms with Gasteiger partial charge in [0.05, 0.1) is 11.6 Å². The topological polar surface area (TPSA) is 53.2 Å². The van der Waals surface area contributed by atoms with Crippen LogP contribution in [0.3, 0.4) is 0 Å². The molecule has 2 aromatic rings. The molecule has 0 aliphatic carbocycles. The highest BCUT2D eigenvalue weighted by Crippen LogP contribution is 2.28. The van der Waals surface area contributed by atoms with Gasteiger partial charge in [-0.1, -0.05) is 29.8 Å². The summed E-state index contributed by atoms with van der Waals surface area (Å²) in [4.78, 5) is 13.0. The van der Waals surface area contributed by atoms with Crippen molar-refractivity contribution in [3.8, 4) is 0 Å². The lowest BCUT2D eigenvalue weighted by Gasteiger charge is -2.30. The van der Waals surface area contributed by atoms with Crippen molar-refractivity contribution in [1.82, 2.24) is 10.6 Å². The maximum absolute atomic E-state index is 13.3. The van der Waals surface area contributed by atoms with Crippen LogP contribution in [0.25, 0.3) is 0 Å². The summed E-state index contributed by atoms with van der Waals surface area (Å²) in [6.45, 7) is 5.76. The molecule has 0 spiro atoms. The molecule has 0 saturated carbocycles. The highest BCUT2D eigenvalue weighted by molar-refractivity contribution is 7.80. The van der Waals surface area contributed by atoms with Crippen molar-refractivity contribution in [2.75, 3.05) is 5.32 Å². The van der Waals surface area contributed by atoms with Gasteiger partial charge in [0.15, 0.2) is 5.11 Å². The molecule has 0 saturated heterocycles. The molecule has 26 heavy (non-hydrogen) atoms. The Labute approximate surface area is 157 Å². The minimum Gasteiger partial charge on any atom is -0.351 e. The third-order valence-corrected chi connectivity index (χ3v) is 4.57. The summed E-state index contributed by atoms with van der Waals surface area (Å²) in [5.41, 5.74) is 4.83. The van der Waals surface area contributed by atoms with Crippen LogP contribution in [0.15, 0.2) is 53.7 Å². The van der Waals surface area contributed by atoms with E-state index in [1.54, 1.807) is 19.1 Å². The maximum atomic E-state index is 13.3. The first-order chi connectivity index (χ1) is 12.3. The van der Waals surface area contributed by atoms with Crippen LogP contribution in [0, 0.1) is 19.7 Å². The first-order valence-corrected chi connectivity index (χ1v) is 8.68. The molecule has 3 N–H and O–H groups in total. The summed E-state index contributed by atoms with van der Waals surface area (Å²) in [5.74, 6) is -0.557. The van der Waals surface area contributed by atoms with Gasteiger partial charge in [-0.05, 0) is 62.3 Å². The number of aryl methyl sites for hydroxylation is 2. The van der Waals surface area contributed by atoms with Crippen LogP contribution in [0.4, 0.5) is 10.1 Å². The molecular weight excluding hydrogens is 349 g/mol. The fraction of sp³-hybridized carbons (Fsp3) is 0.200. The Hall–Kier alpha value is -2.73. The van der Waals surface area contributed by atoms with Crippen LogP contribution in [0.5, 0.6) is 0 Å². The lowest BCUT2D eigenvalue weighted by molar-refractivity contribution is -0.113. The Kier molecular flexibility index (Phi) is 5.04. The summed E-state index contributed by atoms with van der Waals surface area (Å²) in [6.07, 6.45) is 0. The normalized spacial score (nSPS) is 16.8. The minimum atomic E-state index is -0.449. The van der Waals surface area contributed by atoms with Crippen molar-refractivity contribution < 1.29 is 9.18 Å². The van der Waals surface area contributed by atoms with E-state index in [-0.39, 0.29) is 11.7 Å². The van der Waals surface area contributed by atoms with E-state index in [1.165, 1.54) is 12.1 Å². The molecule has 1 aliphatic rings. The number of rotatable bonds is 3. The van der Waals surface area contributed by atoms with Gasteiger partial charge in [0.1, 0.15) is 5.82 Å². The Bertz CT molecular complexity index is 906. The molecule has 134 valence electrons. The van der Waals surface area contributed by atoms with Crippen molar-refractivity contribution in [3.05, 3.63) is 76.2 Å². The van der Waals surface area contributed by atoms with Crippen molar-refractivity contribution in [3.63, 3.8) is 0 Å². The number of hydrogen-bond acceptors (Lipinski definition) is 2. The van der Waals surface area contributed by atoms with E-state index in [1.807, 2.05) is 32.0 Å². The maximum Gasteiger partial charge on any atom is 0.255 e. The molecule has 3 rings (SSSR count). The average Bonchev–Trinajstić information content (AvgIpc) is 2.57. The standard InChI is InChI=1S/C20H20FN3OS/c1-11-4-9-16(12(2)10-11)23-19(25)17-13(3)22-20(26)24-18(17)14-5-7-15(21)8-6-14/h4-10,18H,1-3H3,(H,23,25)(H2,22,24,26)/t18-/m1/s1. The predicted molar refractivity (Wildman–Crippen MR) is 105 cm³/mol. The molecule has 2 aromatic carbocycles. The van der Waals surface area contributed by atoms with Crippen molar-refractivity contribution in [2.24, 2.45) is 0 Å². The zero-order chi connectivity index (χ0) is 18.8. The second-order valence-electron chi connectivity index (χ2n) is 6.39. The molecule has 0 bridgehead atoms. The van der Waals surface area contributed by atoms with E-state index >= 15 is 0 Å².